The third kappa shape index (κ3) is 4.22. The molecule has 126 valence electrons. The highest BCUT2D eigenvalue weighted by molar-refractivity contribution is 5.94. The van der Waals surface area contributed by atoms with Gasteiger partial charge in [0.1, 0.15) is 0 Å². The average molecular weight is 325 g/mol. The Morgan fingerprint density at radius 2 is 1.71 bits per heavy atom. The standard InChI is InChI=1S/C20H23NO3/c1-14-10-11-17(15(2)12-14)21-18(22)13-24-19(23)20(3,4)16-8-6-5-7-9-16/h5-12H,13H2,1-4H3,(H,21,22). The SMILES string of the molecule is Cc1ccc(NC(=O)COC(=O)C(C)(C)c2ccccc2)c(C)c1. The molecule has 0 aliphatic heterocycles. The Morgan fingerprint density at radius 1 is 1.04 bits per heavy atom. The van der Waals surface area contributed by atoms with Crippen molar-refractivity contribution in [3.63, 3.8) is 0 Å². The first-order valence-corrected chi connectivity index (χ1v) is 7.90. The molecular formula is C20H23NO3. The van der Waals surface area contributed by atoms with Gasteiger partial charge in [-0.1, -0.05) is 48.0 Å². The number of anilines is 1. The number of benzene rings is 2. The second-order valence-corrected chi connectivity index (χ2v) is 6.43. The van der Waals surface area contributed by atoms with E-state index >= 15 is 0 Å². The molecular weight excluding hydrogens is 302 g/mol. The topological polar surface area (TPSA) is 55.4 Å². The van der Waals surface area contributed by atoms with E-state index in [2.05, 4.69) is 5.32 Å². The molecule has 0 heterocycles. The Hall–Kier alpha value is -2.62. The Kier molecular flexibility index (Phi) is 5.39. The highest BCUT2D eigenvalue weighted by Gasteiger charge is 2.31. The van der Waals surface area contributed by atoms with Gasteiger partial charge in [0, 0.05) is 5.69 Å². The Bertz CT molecular complexity index is 736. The van der Waals surface area contributed by atoms with E-state index in [-0.39, 0.29) is 12.5 Å². The van der Waals surface area contributed by atoms with Crippen LogP contribution in [0.5, 0.6) is 0 Å². The molecule has 2 rings (SSSR count). The summed E-state index contributed by atoms with van der Waals surface area (Å²) in [6.07, 6.45) is 0. The summed E-state index contributed by atoms with van der Waals surface area (Å²) < 4.78 is 5.21. The summed E-state index contributed by atoms with van der Waals surface area (Å²) in [5.41, 5.74) is 2.87. The molecule has 4 nitrogen and oxygen atoms in total. The number of ether oxygens (including phenoxy) is 1. The summed E-state index contributed by atoms with van der Waals surface area (Å²) in [4.78, 5) is 24.4. The van der Waals surface area contributed by atoms with Crippen LogP contribution in [0.15, 0.2) is 48.5 Å². The van der Waals surface area contributed by atoms with Gasteiger partial charge < -0.3 is 10.1 Å². The maximum Gasteiger partial charge on any atom is 0.316 e. The van der Waals surface area contributed by atoms with Crippen LogP contribution in [0.3, 0.4) is 0 Å². The molecule has 0 radical (unpaired) electrons. The predicted molar refractivity (Wildman–Crippen MR) is 95.0 cm³/mol. The van der Waals surface area contributed by atoms with Gasteiger partial charge in [-0.2, -0.15) is 0 Å². The van der Waals surface area contributed by atoms with Crippen molar-refractivity contribution in [1.29, 1.82) is 0 Å². The molecule has 4 heteroatoms. The van der Waals surface area contributed by atoms with Crippen LogP contribution in [0, 0.1) is 13.8 Å². The van der Waals surface area contributed by atoms with E-state index in [1.54, 1.807) is 13.8 Å². The highest BCUT2D eigenvalue weighted by atomic mass is 16.5. The molecule has 0 atom stereocenters. The smallest absolute Gasteiger partial charge is 0.316 e. The lowest BCUT2D eigenvalue weighted by molar-refractivity contribution is -0.152. The van der Waals surface area contributed by atoms with Crippen molar-refractivity contribution in [2.45, 2.75) is 33.1 Å². The molecule has 2 aromatic carbocycles. The van der Waals surface area contributed by atoms with Gasteiger partial charge in [-0.15, -0.1) is 0 Å². The van der Waals surface area contributed by atoms with E-state index in [0.29, 0.717) is 0 Å². The number of rotatable bonds is 5. The maximum atomic E-state index is 12.3. The third-order valence-electron chi connectivity index (χ3n) is 4.00. The fourth-order valence-electron chi connectivity index (χ4n) is 2.42. The second-order valence-electron chi connectivity index (χ2n) is 6.43. The minimum atomic E-state index is -0.804. The van der Waals surface area contributed by atoms with Crippen molar-refractivity contribution in [3.8, 4) is 0 Å². The lowest BCUT2D eigenvalue weighted by atomic mass is 9.85. The first-order valence-electron chi connectivity index (χ1n) is 7.90. The molecule has 24 heavy (non-hydrogen) atoms. The quantitative estimate of drug-likeness (QED) is 0.852. The molecule has 0 aliphatic carbocycles. The van der Waals surface area contributed by atoms with Crippen molar-refractivity contribution in [1.82, 2.24) is 0 Å². The number of aryl methyl sites for hydroxylation is 2. The van der Waals surface area contributed by atoms with Gasteiger partial charge in [-0.25, -0.2) is 0 Å². The predicted octanol–water partition coefficient (Wildman–Crippen LogP) is 3.76. The normalized spacial score (nSPS) is 11.0. The fraction of sp³-hybridized carbons (Fsp3) is 0.300. The molecule has 0 aromatic heterocycles. The Balaban J connectivity index is 1.95. The first-order chi connectivity index (χ1) is 11.3. The van der Waals surface area contributed by atoms with Gasteiger partial charge in [0.25, 0.3) is 5.91 Å². The molecule has 1 N–H and O–H groups in total. The molecule has 0 fully saturated rings. The second kappa shape index (κ2) is 7.30. The number of carbonyl (C=O) groups is 2. The van der Waals surface area contributed by atoms with E-state index in [4.69, 9.17) is 4.74 Å². The molecule has 0 unspecified atom stereocenters. The number of hydrogen-bond donors (Lipinski definition) is 1. The molecule has 0 spiro atoms. The van der Waals surface area contributed by atoms with E-state index in [1.165, 1.54) is 0 Å². The van der Waals surface area contributed by atoms with E-state index in [1.807, 2.05) is 62.4 Å². The van der Waals surface area contributed by atoms with Crippen LogP contribution in [0.2, 0.25) is 0 Å². The average Bonchev–Trinajstić information content (AvgIpc) is 2.56. The highest BCUT2D eigenvalue weighted by Crippen LogP contribution is 2.24. The van der Waals surface area contributed by atoms with Gasteiger partial charge in [-0.05, 0) is 44.9 Å². The van der Waals surface area contributed by atoms with E-state index < -0.39 is 11.4 Å². The maximum absolute atomic E-state index is 12.3. The third-order valence-corrected chi connectivity index (χ3v) is 4.00. The van der Waals surface area contributed by atoms with E-state index in [0.717, 1.165) is 22.4 Å². The van der Waals surface area contributed by atoms with Gasteiger partial charge in [0.2, 0.25) is 0 Å². The molecule has 1 amide bonds. The van der Waals surface area contributed by atoms with Gasteiger partial charge >= 0.3 is 5.97 Å². The summed E-state index contributed by atoms with van der Waals surface area (Å²) in [5, 5.41) is 2.77. The van der Waals surface area contributed by atoms with Crippen LogP contribution in [0.25, 0.3) is 0 Å². The summed E-state index contributed by atoms with van der Waals surface area (Å²) in [7, 11) is 0. The van der Waals surface area contributed by atoms with Crippen molar-refractivity contribution >= 4 is 17.6 Å². The lowest BCUT2D eigenvalue weighted by Crippen LogP contribution is -2.33. The Morgan fingerprint density at radius 3 is 2.33 bits per heavy atom. The number of carbonyl (C=O) groups excluding carboxylic acids is 2. The molecule has 0 saturated heterocycles. The van der Waals surface area contributed by atoms with Crippen molar-refractivity contribution in [3.05, 3.63) is 65.2 Å². The summed E-state index contributed by atoms with van der Waals surface area (Å²) in [6.45, 7) is 7.18. The van der Waals surface area contributed by atoms with Gasteiger partial charge in [-0.3, -0.25) is 9.59 Å². The van der Waals surface area contributed by atoms with Gasteiger partial charge in [0.15, 0.2) is 6.61 Å². The number of nitrogens with one attached hydrogen (secondary N) is 1. The molecule has 0 saturated carbocycles. The van der Waals surface area contributed by atoms with Crippen LogP contribution < -0.4 is 5.32 Å². The molecule has 2 aromatic rings. The zero-order chi connectivity index (χ0) is 17.7. The summed E-state index contributed by atoms with van der Waals surface area (Å²) >= 11 is 0. The van der Waals surface area contributed by atoms with Crippen LogP contribution >= 0.6 is 0 Å². The first kappa shape index (κ1) is 17.7. The minimum Gasteiger partial charge on any atom is -0.455 e. The van der Waals surface area contributed by atoms with Crippen LogP contribution in [0.1, 0.15) is 30.5 Å². The zero-order valence-corrected chi connectivity index (χ0v) is 14.6. The molecule has 0 bridgehead atoms. The summed E-state index contributed by atoms with van der Waals surface area (Å²) in [5.74, 6) is -0.774. The monoisotopic (exact) mass is 325 g/mol. The van der Waals surface area contributed by atoms with Crippen LogP contribution in [-0.2, 0) is 19.7 Å². The lowest BCUT2D eigenvalue weighted by Gasteiger charge is -2.22. The van der Waals surface area contributed by atoms with Crippen molar-refractivity contribution in [2.24, 2.45) is 0 Å². The van der Waals surface area contributed by atoms with E-state index in [9.17, 15) is 9.59 Å². The van der Waals surface area contributed by atoms with Gasteiger partial charge in [0.05, 0.1) is 5.41 Å². The minimum absolute atomic E-state index is 0.303. The van der Waals surface area contributed by atoms with Crippen molar-refractivity contribution < 1.29 is 14.3 Å². The molecule has 0 aliphatic rings. The number of hydrogen-bond acceptors (Lipinski definition) is 3. The zero-order valence-electron chi connectivity index (χ0n) is 14.6. The fourth-order valence-corrected chi connectivity index (χ4v) is 2.42. The van der Waals surface area contributed by atoms with Crippen LogP contribution in [-0.4, -0.2) is 18.5 Å². The largest absolute Gasteiger partial charge is 0.455 e. The van der Waals surface area contributed by atoms with Crippen molar-refractivity contribution in [2.75, 3.05) is 11.9 Å². The summed E-state index contributed by atoms with van der Waals surface area (Å²) in [6, 6.07) is 15.1. The van der Waals surface area contributed by atoms with Crippen LogP contribution in [0.4, 0.5) is 5.69 Å². The number of esters is 1. The Labute approximate surface area is 142 Å². The number of amides is 1.